The number of ether oxygens (including phenoxy) is 1. The number of hydrogen-bond acceptors (Lipinski definition) is 5. The van der Waals surface area contributed by atoms with Gasteiger partial charge in [-0.2, -0.15) is 0 Å². The van der Waals surface area contributed by atoms with Crippen molar-refractivity contribution in [3.8, 4) is 0 Å². The van der Waals surface area contributed by atoms with E-state index in [1.54, 1.807) is 0 Å². The Bertz CT molecular complexity index is 492. The number of nitrogens with one attached hydrogen (secondary N) is 3. The maximum Gasteiger partial charge on any atom is 0.325 e. The molecule has 1 aromatic heterocycles. The molecule has 0 radical (unpaired) electrons. The van der Waals surface area contributed by atoms with Crippen molar-refractivity contribution in [2.45, 2.75) is 6.10 Å². The zero-order valence-corrected chi connectivity index (χ0v) is 9.15. The quantitative estimate of drug-likeness (QED) is 0.467. The summed E-state index contributed by atoms with van der Waals surface area (Å²) in [6.07, 6.45) is 0.157. The summed E-state index contributed by atoms with van der Waals surface area (Å²) in [6.45, 7) is 0.0213. The minimum absolute atomic E-state index is 0.0504. The van der Waals surface area contributed by atoms with Crippen LogP contribution in [0.25, 0.3) is 0 Å². The summed E-state index contributed by atoms with van der Waals surface area (Å²) in [6, 6.07) is 0. The molecular weight excluding hydrogens is 230 g/mol. The highest BCUT2D eigenvalue weighted by atomic mass is 16.5. The molecule has 1 rings (SSSR count). The maximum absolute atomic E-state index is 11.5. The third kappa shape index (κ3) is 3.85. The Balaban J connectivity index is 2.64. The molecule has 0 fully saturated rings. The van der Waals surface area contributed by atoms with E-state index < -0.39 is 23.3 Å². The first-order valence-electron chi connectivity index (χ1n) is 4.81. The minimum Gasteiger partial charge on any atom is -0.389 e. The van der Waals surface area contributed by atoms with Crippen molar-refractivity contribution in [3.63, 3.8) is 0 Å². The van der Waals surface area contributed by atoms with Crippen molar-refractivity contribution < 1.29 is 14.6 Å². The van der Waals surface area contributed by atoms with Crippen molar-refractivity contribution in [2.24, 2.45) is 0 Å². The van der Waals surface area contributed by atoms with E-state index in [-0.39, 0.29) is 18.7 Å². The molecule has 0 spiro atoms. The van der Waals surface area contributed by atoms with Gasteiger partial charge in [-0.1, -0.05) is 0 Å². The Morgan fingerprint density at radius 2 is 2.29 bits per heavy atom. The summed E-state index contributed by atoms with van der Waals surface area (Å²) in [5.41, 5.74) is -1.70. The third-order valence-electron chi connectivity index (χ3n) is 1.92. The minimum atomic E-state index is -0.856. The van der Waals surface area contributed by atoms with Crippen LogP contribution in [0.5, 0.6) is 0 Å². The monoisotopic (exact) mass is 243 g/mol. The van der Waals surface area contributed by atoms with Gasteiger partial charge in [-0.25, -0.2) is 4.79 Å². The molecule has 0 aliphatic heterocycles. The SMILES string of the molecule is COCC(O)CNC(=O)c1c[nH]c(=O)[nH]c1=O. The van der Waals surface area contributed by atoms with Crippen LogP contribution in [0.2, 0.25) is 0 Å². The van der Waals surface area contributed by atoms with E-state index in [2.05, 4.69) is 15.0 Å². The van der Waals surface area contributed by atoms with Crippen molar-refractivity contribution in [3.05, 3.63) is 32.6 Å². The first kappa shape index (κ1) is 13.1. The fourth-order valence-electron chi connectivity index (χ4n) is 1.14. The van der Waals surface area contributed by atoms with E-state index in [0.717, 1.165) is 6.20 Å². The first-order chi connectivity index (χ1) is 8.04. The standard InChI is InChI=1S/C9H13N3O5/c1-17-4-5(13)2-10-7(14)6-3-11-9(16)12-8(6)15/h3,5,13H,2,4H2,1H3,(H,10,14)(H2,11,12,15,16). The van der Waals surface area contributed by atoms with Crippen molar-refractivity contribution in [1.29, 1.82) is 0 Å². The zero-order chi connectivity index (χ0) is 12.8. The van der Waals surface area contributed by atoms with Crippen LogP contribution in [-0.2, 0) is 4.74 Å². The number of hydrogen-bond donors (Lipinski definition) is 4. The van der Waals surface area contributed by atoms with Crippen LogP contribution < -0.4 is 16.6 Å². The van der Waals surface area contributed by atoms with Crippen LogP contribution in [0.1, 0.15) is 10.4 Å². The summed E-state index contributed by atoms with van der Waals surface area (Å²) in [5.74, 6) is -0.683. The molecule has 0 aliphatic carbocycles. The Morgan fingerprint density at radius 1 is 1.59 bits per heavy atom. The highest BCUT2D eigenvalue weighted by Gasteiger charge is 2.12. The molecule has 1 aromatic rings. The van der Waals surface area contributed by atoms with Gasteiger partial charge in [0.05, 0.1) is 12.7 Å². The predicted octanol–water partition coefficient (Wildman–Crippen LogP) is -2.20. The number of aromatic nitrogens is 2. The topological polar surface area (TPSA) is 124 Å². The van der Waals surface area contributed by atoms with Crippen molar-refractivity contribution in [2.75, 3.05) is 20.3 Å². The molecule has 0 saturated heterocycles. The van der Waals surface area contributed by atoms with Crippen LogP contribution in [0.3, 0.4) is 0 Å². The Kier molecular flexibility index (Phi) is 4.61. The molecule has 1 atom stereocenters. The molecule has 0 bridgehead atoms. The van der Waals surface area contributed by atoms with Gasteiger partial charge in [0.25, 0.3) is 11.5 Å². The summed E-state index contributed by atoms with van der Waals surface area (Å²) in [5, 5.41) is 11.6. The fourth-order valence-corrected chi connectivity index (χ4v) is 1.14. The molecule has 1 heterocycles. The molecule has 0 aliphatic rings. The smallest absolute Gasteiger partial charge is 0.325 e. The van der Waals surface area contributed by atoms with Crippen LogP contribution in [0, 0.1) is 0 Å². The van der Waals surface area contributed by atoms with Gasteiger partial charge >= 0.3 is 5.69 Å². The van der Waals surface area contributed by atoms with Gasteiger partial charge in [-0.05, 0) is 0 Å². The molecule has 1 amide bonds. The lowest BCUT2D eigenvalue weighted by molar-refractivity contribution is 0.0609. The Morgan fingerprint density at radius 3 is 2.88 bits per heavy atom. The maximum atomic E-state index is 11.5. The molecule has 8 nitrogen and oxygen atoms in total. The summed E-state index contributed by atoms with van der Waals surface area (Å²) in [4.78, 5) is 37.5. The van der Waals surface area contributed by atoms with Gasteiger partial charge < -0.3 is 20.1 Å². The van der Waals surface area contributed by atoms with Gasteiger partial charge in [-0.15, -0.1) is 0 Å². The second-order valence-electron chi connectivity index (χ2n) is 3.30. The van der Waals surface area contributed by atoms with Gasteiger partial charge in [-0.3, -0.25) is 14.6 Å². The number of H-pyrrole nitrogens is 2. The molecule has 17 heavy (non-hydrogen) atoms. The largest absolute Gasteiger partial charge is 0.389 e. The summed E-state index contributed by atoms with van der Waals surface area (Å²) in [7, 11) is 1.41. The van der Waals surface area contributed by atoms with E-state index >= 15 is 0 Å². The van der Waals surface area contributed by atoms with Crippen molar-refractivity contribution >= 4 is 5.91 Å². The zero-order valence-electron chi connectivity index (χ0n) is 9.15. The van der Waals surface area contributed by atoms with Gasteiger partial charge in [0.15, 0.2) is 0 Å². The van der Waals surface area contributed by atoms with Crippen LogP contribution in [0.4, 0.5) is 0 Å². The number of carbonyl (C=O) groups excluding carboxylic acids is 1. The molecule has 0 aromatic carbocycles. The van der Waals surface area contributed by atoms with Gasteiger partial charge in [0.2, 0.25) is 0 Å². The molecule has 4 N–H and O–H groups in total. The highest BCUT2D eigenvalue weighted by molar-refractivity contribution is 5.93. The average Bonchev–Trinajstić information content (AvgIpc) is 2.26. The van der Waals surface area contributed by atoms with Crippen LogP contribution in [0.15, 0.2) is 15.8 Å². The normalized spacial score (nSPS) is 12.1. The molecule has 0 saturated carbocycles. The van der Waals surface area contributed by atoms with Crippen LogP contribution >= 0.6 is 0 Å². The third-order valence-corrected chi connectivity index (χ3v) is 1.92. The lowest BCUT2D eigenvalue weighted by Crippen LogP contribution is -2.38. The first-order valence-corrected chi connectivity index (χ1v) is 4.81. The number of aromatic amines is 2. The second-order valence-corrected chi connectivity index (χ2v) is 3.30. The summed E-state index contributed by atoms with van der Waals surface area (Å²) < 4.78 is 4.66. The molecule has 1 unspecified atom stereocenters. The average molecular weight is 243 g/mol. The number of rotatable bonds is 5. The molecule has 8 heteroatoms. The van der Waals surface area contributed by atoms with E-state index in [1.165, 1.54) is 7.11 Å². The van der Waals surface area contributed by atoms with Gasteiger partial charge in [0, 0.05) is 19.9 Å². The Labute approximate surface area is 95.6 Å². The van der Waals surface area contributed by atoms with E-state index in [0.29, 0.717) is 0 Å². The number of methoxy groups -OCH3 is 1. The molecule has 94 valence electrons. The number of aliphatic hydroxyl groups is 1. The van der Waals surface area contributed by atoms with E-state index in [4.69, 9.17) is 0 Å². The van der Waals surface area contributed by atoms with Crippen molar-refractivity contribution in [1.82, 2.24) is 15.3 Å². The number of amides is 1. The lowest BCUT2D eigenvalue weighted by atomic mass is 10.3. The lowest BCUT2D eigenvalue weighted by Gasteiger charge is -2.10. The Hall–Kier alpha value is -1.93. The van der Waals surface area contributed by atoms with Crippen LogP contribution in [-0.4, -0.2) is 47.3 Å². The number of aliphatic hydroxyl groups excluding tert-OH is 1. The number of carbonyl (C=O) groups is 1. The predicted molar refractivity (Wildman–Crippen MR) is 57.9 cm³/mol. The molecular formula is C9H13N3O5. The summed E-state index contributed by atoms with van der Waals surface area (Å²) >= 11 is 0. The fraction of sp³-hybridized carbons (Fsp3) is 0.444. The second kappa shape index (κ2) is 5.97. The van der Waals surface area contributed by atoms with E-state index in [9.17, 15) is 19.5 Å². The van der Waals surface area contributed by atoms with Gasteiger partial charge in [0.1, 0.15) is 5.56 Å². The highest BCUT2D eigenvalue weighted by Crippen LogP contribution is 1.87. The van der Waals surface area contributed by atoms with E-state index in [1.807, 2.05) is 4.98 Å².